The number of aromatic nitrogens is 2. The van der Waals surface area contributed by atoms with E-state index in [0.717, 1.165) is 0 Å². The number of aliphatic carboxylic acids is 1. The normalized spacial score (nSPS) is 11.9. The molecule has 0 aromatic carbocycles. The van der Waals surface area contributed by atoms with Gasteiger partial charge in [0, 0.05) is 19.3 Å². The van der Waals surface area contributed by atoms with Gasteiger partial charge in [-0.05, 0) is 6.42 Å². The molecule has 1 aromatic rings. The molecule has 0 aliphatic heterocycles. The van der Waals surface area contributed by atoms with Crippen molar-refractivity contribution < 1.29 is 14.7 Å². The van der Waals surface area contributed by atoms with Crippen LogP contribution in [-0.4, -0.2) is 32.9 Å². The van der Waals surface area contributed by atoms with Crippen LogP contribution in [-0.2, 0) is 11.8 Å². The lowest BCUT2D eigenvalue weighted by molar-refractivity contribution is -0.139. The number of carboxylic acid groups (broad SMARTS) is 1. The maximum Gasteiger partial charge on any atom is 0.326 e. The average Bonchev–Trinajstić information content (AvgIpc) is 2.60. The zero-order valence-electron chi connectivity index (χ0n) is 9.10. The molecule has 88 valence electrons. The van der Waals surface area contributed by atoms with Gasteiger partial charge in [0.05, 0.1) is 0 Å². The summed E-state index contributed by atoms with van der Waals surface area (Å²) in [4.78, 5) is 22.0. The molecule has 0 radical (unpaired) electrons. The van der Waals surface area contributed by atoms with Gasteiger partial charge in [0.2, 0.25) is 0 Å². The first kappa shape index (κ1) is 12.0. The van der Waals surface area contributed by atoms with Gasteiger partial charge >= 0.3 is 12.0 Å². The second-order valence-corrected chi connectivity index (χ2v) is 3.27. The standard InChI is InChI=1S/C9H14N4O3/c1-3-6(8(14)15)10-9(16)11-7-4-5-13(2)12-7/h4-6H,3H2,1-2H3,(H,14,15)(H2,10,11,12,16). The van der Waals surface area contributed by atoms with Gasteiger partial charge in [-0.2, -0.15) is 5.10 Å². The van der Waals surface area contributed by atoms with Crippen LogP contribution < -0.4 is 10.6 Å². The summed E-state index contributed by atoms with van der Waals surface area (Å²) in [5, 5.41) is 17.4. The Morgan fingerprint density at radius 1 is 1.62 bits per heavy atom. The van der Waals surface area contributed by atoms with Crippen LogP contribution in [0, 0.1) is 0 Å². The molecule has 1 aromatic heterocycles. The third-order valence-electron chi connectivity index (χ3n) is 1.97. The second kappa shape index (κ2) is 5.15. The number of anilines is 1. The lowest BCUT2D eigenvalue weighted by atomic mass is 10.2. The maximum absolute atomic E-state index is 11.4. The highest BCUT2D eigenvalue weighted by atomic mass is 16.4. The van der Waals surface area contributed by atoms with Crippen LogP contribution in [0.1, 0.15) is 13.3 Å². The molecule has 0 spiro atoms. The molecule has 2 amide bonds. The highest BCUT2D eigenvalue weighted by Gasteiger charge is 2.17. The molecule has 0 saturated carbocycles. The van der Waals surface area contributed by atoms with Crippen molar-refractivity contribution in [3.63, 3.8) is 0 Å². The van der Waals surface area contributed by atoms with E-state index in [2.05, 4.69) is 15.7 Å². The van der Waals surface area contributed by atoms with Gasteiger partial charge in [-0.1, -0.05) is 6.92 Å². The Kier molecular flexibility index (Phi) is 3.87. The van der Waals surface area contributed by atoms with Gasteiger partial charge in [-0.15, -0.1) is 0 Å². The van der Waals surface area contributed by atoms with Gasteiger partial charge < -0.3 is 10.4 Å². The van der Waals surface area contributed by atoms with Crippen LogP contribution in [0.2, 0.25) is 0 Å². The number of nitrogens with one attached hydrogen (secondary N) is 2. The van der Waals surface area contributed by atoms with Crippen LogP contribution in [0.5, 0.6) is 0 Å². The number of carbonyl (C=O) groups excluding carboxylic acids is 1. The monoisotopic (exact) mass is 226 g/mol. The molecular formula is C9H14N4O3. The van der Waals surface area contributed by atoms with E-state index in [-0.39, 0.29) is 0 Å². The number of carboxylic acids is 1. The molecule has 7 heteroatoms. The Morgan fingerprint density at radius 3 is 2.75 bits per heavy atom. The Bertz CT molecular complexity index is 388. The summed E-state index contributed by atoms with van der Waals surface area (Å²) in [5.41, 5.74) is 0. The minimum Gasteiger partial charge on any atom is -0.480 e. The van der Waals surface area contributed by atoms with Gasteiger partial charge in [-0.3, -0.25) is 10.00 Å². The minimum absolute atomic E-state index is 0.324. The van der Waals surface area contributed by atoms with Crippen LogP contribution in [0.3, 0.4) is 0 Å². The fourth-order valence-corrected chi connectivity index (χ4v) is 1.13. The minimum atomic E-state index is -1.06. The van der Waals surface area contributed by atoms with Crippen LogP contribution in [0.15, 0.2) is 12.3 Å². The van der Waals surface area contributed by atoms with Crippen molar-refractivity contribution in [1.29, 1.82) is 0 Å². The van der Waals surface area contributed by atoms with E-state index in [1.165, 1.54) is 4.68 Å². The van der Waals surface area contributed by atoms with Crippen molar-refractivity contribution in [1.82, 2.24) is 15.1 Å². The summed E-state index contributed by atoms with van der Waals surface area (Å²) in [5.74, 6) is -0.682. The molecule has 1 heterocycles. The number of carbonyl (C=O) groups is 2. The lowest BCUT2D eigenvalue weighted by Gasteiger charge is -2.11. The predicted molar refractivity (Wildman–Crippen MR) is 57.1 cm³/mol. The summed E-state index contributed by atoms with van der Waals surface area (Å²) in [7, 11) is 1.72. The summed E-state index contributed by atoms with van der Waals surface area (Å²) in [6, 6.07) is 0.151. The average molecular weight is 226 g/mol. The molecule has 7 nitrogen and oxygen atoms in total. The zero-order chi connectivity index (χ0) is 12.1. The second-order valence-electron chi connectivity index (χ2n) is 3.27. The molecule has 16 heavy (non-hydrogen) atoms. The van der Waals surface area contributed by atoms with Gasteiger partial charge in [-0.25, -0.2) is 9.59 Å². The van der Waals surface area contributed by atoms with Crippen LogP contribution in [0.4, 0.5) is 10.6 Å². The summed E-state index contributed by atoms with van der Waals surface area (Å²) >= 11 is 0. The molecule has 0 bridgehead atoms. The van der Waals surface area contributed by atoms with Crippen molar-refractivity contribution in [2.24, 2.45) is 7.05 Å². The number of rotatable bonds is 4. The molecular weight excluding hydrogens is 212 g/mol. The molecule has 0 aliphatic rings. The summed E-state index contributed by atoms with van der Waals surface area (Å²) < 4.78 is 1.53. The van der Waals surface area contributed by atoms with Crippen molar-refractivity contribution in [3.8, 4) is 0 Å². The Morgan fingerprint density at radius 2 is 2.31 bits per heavy atom. The van der Waals surface area contributed by atoms with E-state index in [1.807, 2.05) is 0 Å². The van der Waals surface area contributed by atoms with Crippen molar-refractivity contribution in [3.05, 3.63) is 12.3 Å². The molecule has 0 saturated heterocycles. The fourth-order valence-electron chi connectivity index (χ4n) is 1.13. The first-order valence-electron chi connectivity index (χ1n) is 4.83. The third kappa shape index (κ3) is 3.26. The van der Waals surface area contributed by atoms with Crippen LogP contribution >= 0.6 is 0 Å². The van der Waals surface area contributed by atoms with E-state index in [0.29, 0.717) is 12.2 Å². The number of nitrogens with zero attached hydrogens (tertiary/aromatic N) is 2. The zero-order valence-corrected chi connectivity index (χ0v) is 9.10. The first-order valence-corrected chi connectivity index (χ1v) is 4.83. The number of hydrogen-bond donors (Lipinski definition) is 3. The number of amides is 2. The van der Waals surface area contributed by atoms with E-state index >= 15 is 0 Å². The van der Waals surface area contributed by atoms with Crippen molar-refractivity contribution >= 4 is 17.8 Å². The topological polar surface area (TPSA) is 96.3 Å². The SMILES string of the molecule is CCC(NC(=O)Nc1ccn(C)n1)C(=O)O. The number of aryl methyl sites for hydroxylation is 1. The Balaban J connectivity index is 2.50. The molecule has 1 rings (SSSR count). The third-order valence-corrected chi connectivity index (χ3v) is 1.97. The van der Waals surface area contributed by atoms with Crippen molar-refractivity contribution in [2.45, 2.75) is 19.4 Å². The summed E-state index contributed by atoms with van der Waals surface area (Å²) in [6.45, 7) is 1.68. The Hall–Kier alpha value is -2.05. The van der Waals surface area contributed by atoms with Crippen LogP contribution in [0.25, 0.3) is 0 Å². The highest BCUT2D eigenvalue weighted by Crippen LogP contribution is 2.00. The highest BCUT2D eigenvalue weighted by molar-refractivity contribution is 5.91. The molecule has 1 unspecified atom stereocenters. The van der Waals surface area contributed by atoms with E-state index < -0.39 is 18.0 Å². The molecule has 1 atom stereocenters. The van der Waals surface area contributed by atoms with Gasteiger partial charge in [0.25, 0.3) is 0 Å². The van der Waals surface area contributed by atoms with E-state index in [1.54, 1.807) is 26.2 Å². The van der Waals surface area contributed by atoms with Gasteiger partial charge in [0.1, 0.15) is 6.04 Å². The van der Waals surface area contributed by atoms with E-state index in [4.69, 9.17) is 5.11 Å². The number of hydrogen-bond acceptors (Lipinski definition) is 3. The maximum atomic E-state index is 11.4. The predicted octanol–water partition coefficient (Wildman–Crippen LogP) is 0.405. The molecule has 0 fully saturated rings. The fraction of sp³-hybridized carbons (Fsp3) is 0.444. The van der Waals surface area contributed by atoms with Crippen molar-refractivity contribution in [2.75, 3.05) is 5.32 Å². The lowest BCUT2D eigenvalue weighted by Crippen LogP contribution is -2.42. The summed E-state index contributed by atoms with van der Waals surface area (Å²) in [6.07, 6.45) is 2.00. The largest absolute Gasteiger partial charge is 0.480 e. The first-order chi connectivity index (χ1) is 7.52. The smallest absolute Gasteiger partial charge is 0.326 e. The number of urea groups is 1. The van der Waals surface area contributed by atoms with Gasteiger partial charge in [0.15, 0.2) is 5.82 Å². The quantitative estimate of drug-likeness (QED) is 0.692. The molecule has 3 N–H and O–H groups in total. The Labute approximate surface area is 92.4 Å². The van der Waals surface area contributed by atoms with E-state index in [9.17, 15) is 9.59 Å². The molecule has 0 aliphatic carbocycles.